The molecule has 9 heteroatoms. The molecule has 0 bridgehead atoms. The van der Waals surface area contributed by atoms with Crippen LogP contribution in [-0.2, 0) is 17.3 Å². The van der Waals surface area contributed by atoms with Gasteiger partial charge in [0, 0.05) is 31.0 Å². The molecule has 0 aliphatic carbocycles. The number of H-pyrrole nitrogens is 1. The number of aromatic amines is 1. The van der Waals surface area contributed by atoms with Crippen molar-refractivity contribution in [2.24, 2.45) is 7.05 Å². The number of halogens is 1. The smallest absolute Gasteiger partial charge is 0.273 e. The standard InChI is InChI=1S/C19H17ClN6O2/c1-25-10-11(8-22-25)16-19(12-4-2-3-5-14(12)23-18(19)28)6-7-26(16)17(27)15-13(20)9-21-24-15/h2-5,8-10,16H,6-7H2,1H3,(H,21,24)(H,23,28)/t16-,19+/m0/s1. The number of rotatable bonds is 2. The van der Waals surface area contributed by atoms with Crippen LogP contribution in [0.25, 0.3) is 0 Å². The van der Waals surface area contributed by atoms with Crippen LogP contribution < -0.4 is 5.32 Å². The van der Waals surface area contributed by atoms with Gasteiger partial charge in [-0.25, -0.2) is 0 Å². The minimum absolute atomic E-state index is 0.103. The van der Waals surface area contributed by atoms with E-state index in [2.05, 4.69) is 20.6 Å². The van der Waals surface area contributed by atoms with Crippen molar-refractivity contribution >= 4 is 29.1 Å². The Morgan fingerprint density at radius 2 is 2.14 bits per heavy atom. The molecule has 0 unspecified atom stereocenters. The Morgan fingerprint density at radius 1 is 1.32 bits per heavy atom. The predicted octanol–water partition coefficient (Wildman–Crippen LogP) is 2.27. The SMILES string of the molecule is Cn1cc([C@@H]2N(C(=O)c3[nH]ncc3Cl)CC[C@]23C(=O)Nc2ccccc23)cn1. The first-order chi connectivity index (χ1) is 13.5. The Balaban J connectivity index is 1.68. The number of aryl methyl sites for hydroxylation is 1. The van der Waals surface area contributed by atoms with Gasteiger partial charge >= 0.3 is 0 Å². The zero-order valence-electron chi connectivity index (χ0n) is 15.0. The number of likely N-dealkylation sites (tertiary alicyclic amines) is 1. The second-order valence-electron chi connectivity index (χ2n) is 7.16. The molecule has 1 aromatic carbocycles. The molecule has 2 aliphatic heterocycles. The molecule has 4 heterocycles. The average Bonchev–Trinajstić information content (AvgIpc) is 3.43. The fraction of sp³-hybridized carbons (Fsp3) is 0.263. The van der Waals surface area contributed by atoms with Gasteiger partial charge in [-0.15, -0.1) is 0 Å². The molecule has 8 nitrogen and oxygen atoms in total. The molecule has 142 valence electrons. The molecule has 3 aromatic rings. The van der Waals surface area contributed by atoms with Gasteiger partial charge in [0.15, 0.2) is 0 Å². The molecular weight excluding hydrogens is 380 g/mol. The second kappa shape index (κ2) is 5.93. The van der Waals surface area contributed by atoms with Gasteiger partial charge in [-0.2, -0.15) is 10.2 Å². The number of carbonyl (C=O) groups is 2. The lowest BCUT2D eigenvalue weighted by Crippen LogP contribution is -2.42. The minimum atomic E-state index is -0.873. The summed E-state index contributed by atoms with van der Waals surface area (Å²) < 4.78 is 1.67. The minimum Gasteiger partial charge on any atom is -0.329 e. The van der Waals surface area contributed by atoms with Crippen molar-refractivity contribution < 1.29 is 9.59 Å². The van der Waals surface area contributed by atoms with Crippen molar-refractivity contribution in [3.8, 4) is 0 Å². The van der Waals surface area contributed by atoms with E-state index in [1.807, 2.05) is 37.5 Å². The van der Waals surface area contributed by atoms with Crippen molar-refractivity contribution in [3.63, 3.8) is 0 Å². The number of benzene rings is 1. The first-order valence-corrected chi connectivity index (χ1v) is 9.29. The molecule has 2 amide bonds. The normalized spacial score (nSPS) is 23.3. The Morgan fingerprint density at radius 3 is 2.86 bits per heavy atom. The van der Waals surface area contributed by atoms with Crippen LogP contribution >= 0.6 is 11.6 Å². The van der Waals surface area contributed by atoms with Crippen LogP contribution in [-0.4, -0.2) is 43.2 Å². The van der Waals surface area contributed by atoms with Crippen LogP contribution in [0.15, 0.2) is 42.9 Å². The monoisotopic (exact) mass is 396 g/mol. The van der Waals surface area contributed by atoms with Gasteiger partial charge in [-0.05, 0) is 18.1 Å². The van der Waals surface area contributed by atoms with E-state index in [1.165, 1.54) is 6.20 Å². The maximum Gasteiger partial charge on any atom is 0.273 e. The summed E-state index contributed by atoms with van der Waals surface area (Å²) in [7, 11) is 1.81. The van der Waals surface area contributed by atoms with Gasteiger partial charge in [0.05, 0.1) is 23.5 Å². The maximum atomic E-state index is 13.3. The highest BCUT2D eigenvalue weighted by atomic mass is 35.5. The fourth-order valence-corrected chi connectivity index (χ4v) is 4.69. The van der Waals surface area contributed by atoms with Crippen LogP contribution in [0.3, 0.4) is 0 Å². The van der Waals surface area contributed by atoms with Crippen molar-refractivity contribution in [2.45, 2.75) is 17.9 Å². The highest BCUT2D eigenvalue weighted by Crippen LogP contribution is 2.54. The van der Waals surface area contributed by atoms with E-state index in [4.69, 9.17) is 11.6 Å². The summed E-state index contributed by atoms with van der Waals surface area (Å²) in [5.74, 6) is -0.390. The molecule has 1 fully saturated rings. The van der Waals surface area contributed by atoms with Gasteiger partial charge in [0.25, 0.3) is 5.91 Å². The molecular formula is C19H17ClN6O2. The maximum absolute atomic E-state index is 13.3. The van der Waals surface area contributed by atoms with Gasteiger partial charge in [0.2, 0.25) is 5.91 Å². The molecule has 2 aromatic heterocycles. The molecule has 1 saturated heterocycles. The van der Waals surface area contributed by atoms with Crippen LogP contribution in [0.5, 0.6) is 0 Å². The third-order valence-corrected chi connectivity index (χ3v) is 5.98. The van der Waals surface area contributed by atoms with E-state index in [-0.39, 0.29) is 22.5 Å². The van der Waals surface area contributed by atoms with Crippen LogP contribution in [0.2, 0.25) is 5.02 Å². The molecule has 5 rings (SSSR count). The summed E-state index contributed by atoms with van der Waals surface area (Å²) in [5.41, 5.74) is 1.84. The van der Waals surface area contributed by atoms with Crippen LogP contribution in [0, 0.1) is 0 Å². The van der Waals surface area contributed by atoms with Gasteiger partial charge in [-0.1, -0.05) is 29.8 Å². The number of aromatic nitrogens is 4. The summed E-state index contributed by atoms with van der Waals surface area (Å²) in [6.07, 6.45) is 5.46. The van der Waals surface area contributed by atoms with E-state index < -0.39 is 11.5 Å². The summed E-state index contributed by atoms with van der Waals surface area (Å²) in [6.45, 7) is 0.412. The van der Waals surface area contributed by atoms with E-state index in [0.29, 0.717) is 13.0 Å². The van der Waals surface area contributed by atoms with E-state index in [9.17, 15) is 9.59 Å². The number of anilines is 1. The molecule has 0 radical (unpaired) electrons. The molecule has 2 N–H and O–H groups in total. The number of para-hydroxylation sites is 1. The molecule has 0 saturated carbocycles. The second-order valence-corrected chi connectivity index (χ2v) is 7.57. The Hall–Kier alpha value is -3.13. The van der Waals surface area contributed by atoms with Crippen LogP contribution in [0.4, 0.5) is 5.69 Å². The summed E-state index contributed by atoms with van der Waals surface area (Å²) >= 11 is 6.13. The molecule has 2 atom stereocenters. The summed E-state index contributed by atoms with van der Waals surface area (Å²) in [4.78, 5) is 28.2. The topological polar surface area (TPSA) is 95.9 Å². The molecule has 28 heavy (non-hydrogen) atoms. The van der Waals surface area contributed by atoms with Gasteiger partial charge in [-0.3, -0.25) is 19.4 Å². The first kappa shape index (κ1) is 17.0. The number of amides is 2. The highest BCUT2D eigenvalue weighted by molar-refractivity contribution is 6.33. The van der Waals surface area contributed by atoms with E-state index in [1.54, 1.807) is 15.8 Å². The number of carbonyl (C=O) groups excluding carboxylic acids is 2. The Kier molecular flexibility index (Phi) is 3.60. The first-order valence-electron chi connectivity index (χ1n) is 8.91. The van der Waals surface area contributed by atoms with Crippen molar-refractivity contribution in [1.29, 1.82) is 0 Å². The van der Waals surface area contributed by atoms with Gasteiger partial charge < -0.3 is 10.2 Å². The average molecular weight is 397 g/mol. The van der Waals surface area contributed by atoms with Gasteiger partial charge in [0.1, 0.15) is 11.1 Å². The third-order valence-electron chi connectivity index (χ3n) is 5.69. The predicted molar refractivity (Wildman–Crippen MR) is 102 cm³/mol. The number of nitrogens with zero attached hydrogens (tertiary/aromatic N) is 4. The lowest BCUT2D eigenvalue weighted by atomic mass is 9.73. The number of nitrogens with one attached hydrogen (secondary N) is 2. The summed E-state index contributed by atoms with van der Waals surface area (Å²) in [5, 5.41) is 14.1. The molecule has 1 spiro atoms. The summed E-state index contributed by atoms with van der Waals surface area (Å²) in [6, 6.07) is 7.14. The Labute approximate surface area is 165 Å². The Bertz CT molecular complexity index is 1110. The number of fused-ring (bicyclic) bond motifs is 2. The molecule has 2 aliphatic rings. The highest BCUT2D eigenvalue weighted by Gasteiger charge is 2.59. The van der Waals surface area contributed by atoms with E-state index >= 15 is 0 Å². The van der Waals surface area contributed by atoms with E-state index in [0.717, 1.165) is 16.8 Å². The van der Waals surface area contributed by atoms with Crippen LogP contribution in [0.1, 0.15) is 34.1 Å². The fourth-order valence-electron chi connectivity index (χ4n) is 4.52. The zero-order valence-corrected chi connectivity index (χ0v) is 15.8. The largest absolute Gasteiger partial charge is 0.329 e. The lowest BCUT2D eigenvalue weighted by Gasteiger charge is -2.33. The quantitative estimate of drug-likeness (QED) is 0.694. The third kappa shape index (κ3) is 2.18. The lowest BCUT2D eigenvalue weighted by molar-refractivity contribution is -0.121. The van der Waals surface area contributed by atoms with Crippen molar-refractivity contribution in [1.82, 2.24) is 24.9 Å². The van der Waals surface area contributed by atoms with Crippen molar-refractivity contribution in [2.75, 3.05) is 11.9 Å². The number of hydrogen-bond acceptors (Lipinski definition) is 4. The number of hydrogen-bond donors (Lipinski definition) is 2. The van der Waals surface area contributed by atoms with Crippen molar-refractivity contribution in [3.05, 3.63) is 64.7 Å². The zero-order chi connectivity index (χ0) is 19.5.